The van der Waals surface area contributed by atoms with Gasteiger partial charge in [-0.3, -0.25) is 0 Å². The lowest BCUT2D eigenvalue weighted by atomic mass is 10.1. The fraction of sp³-hybridized carbons (Fsp3) is 0.562. The highest BCUT2D eigenvalue weighted by Gasteiger charge is 2.16. The van der Waals surface area contributed by atoms with Crippen LogP contribution in [0.4, 0.5) is 0 Å². The van der Waals surface area contributed by atoms with Gasteiger partial charge < -0.3 is 19.9 Å². The quantitative estimate of drug-likeness (QED) is 0.752. The van der Waals surface area contributed by atoms with Crippen LogP contribution in [0.15, 0.2) is 24.3 Å². The molecule has 2 rings (SSSR count). The van der Waals surface area contributed by atoms with E-state index in [4.69, 9.17) is 14.7 Å². The first-order valence-corrected chi connectivity index (χ1v) is 7.35. The van der Waals surface area contributed by atoms with E-state index >= 15 is 0 Å². The Morgan fingerprint density at radius 1 is 1.52 bits per heavy atom. The lowest BCUT2D eigenvalue weighted by Crippen LogP contribution is -2.31. The number of benzene rings is 1. The van der Waals surface area contributed by atoms with Gasteiger partial charge in [-0.15, -0.1) is 0 Å². The van der Waals surface area contributed by atoms with Crippen LogP contribution in [0.25, 0.3) is 0 Å². The molecule has 114 valence electrons. The molecule has 1 aliphatic rings. The number of aliphatic hydroxyl groups is 1. The maximum atomic E-state index is 9.82. The van der Waals surface area contributed by atoms with Crippen molar-refractivity contribution in [1.82, 2.24) is 5.32 Å². The fourth-order valence-electron chi connectivity index (χ4n) is 2.30. The second-order valence-electron chi connectivity index (χ2n) is 5.27. The van der Waals surface area contributed by atoms with Crippen LogP contribution in [0, 0.1) is 11.3 Å². The van der Waals surface area contributed by atoms with E-state index in [1.54, 1.807) is 6.07 Å². The number of nitriles is 1. The van der Waals surface area contributed by atoms with Gasteiger partial charge in [0.15, 0.2) is 0 Å². The molecule has 0 aliphatic carbocycles. The minimum Gasteiger partial charge on any atom is -0.389 e. The third-order valence-electron chi connectivity index (χ3n) is 3.40. The zero-order chi connectivity index (χ0) is 14.9. The molecule has 1 fully saturated rings. The van der Waals surface area contributed by atoms with Gasteiger partial charge in [-0.2, -0.15) is 5.26 Å². The number of aliphatic hydroxyl groups excluding tert-OH is 1. The number of nitrogens with zero attached hydrogens (tertiary/aromatic N) is 1. The Morgan fingerprint density at radius 2 is 2.43 bits per heavy atom. The van der Waals surface area contributed by atoms with E-state index in [9.17, 15) is 5.11 Å². The van der Waals surface area contributed by atoms with Crippen LogP contribution >= 0.6 is 0 Å². The summed E-state index contributed by atoms with van der Waals surface area (Å²) in [6.07, 6.45) is 1.80. The Kier molecular flexibility index (Phi) is 6.64. The molecule has 0 aromatic heterocycles. The molecule has 0 amide bonds. The second-order valence-corrected chi connectivity index (χ2v) is 5.27. The molecule has 1 aromatic rings. The fourth-order valence-corrected chi connectivity index (χ4v) is 2.30. The Balaban J connectivity index is 1.58. The van der Waals surface area contributed by atoms with Gasteiger partial charge in [0.2, 0.25) is 0 Å². The Bertz CT molecular complexity index is 467. The van der Waals surface area contributed by atoms with Crippen molar-refractivity contribution in [1.29, 1.82) is 5.26 Å². The van der Waals surface area contributed by atoms with Gasteiger partial charge in [-0.25, -0.2) is 0 Å². The van der Waals surface area contributed by atoms with E-state index in [0.29, 0.717) is 31.9 Å². The average Bonchev–Trinajstić information content (AvgIpc) is 3.01. The molecule has 0 radical (unpaired) electrons. The van der Waals surface area contributed by atoms with Gasteiger partial charge in [-0.05, 0) is 30.5 Å². The van der Waals surface area contributed by atoms with Crippen LogP contribution in [0.3, 0.4) is 0 Å². The van der Waals surface area contributed by atoms with Crippen molar-refractivity contribution in [3.63, 3.8) is 0 Å². The molecule has 1 saturated heterocycles. The highest BCUT2D eigenvalue weighted by molar-refractivity contribution is 5.32. The predicted octanol–water partition coefficient (Wildman–Crippen LogP) is 1.20. The van der Waals surface area contributed by atoms with Gasteiger partial charge in [0.1, 0.15) is 0 Å². The lowest BCUT2D eigenvalue weighted by Gasteiger charge is -2.14. The van der Waals surface area contributed by atoms with Gasteiger partial charge in [0, 0.05) is 19.7 Å². The highest BCUT2D eigenvalue weighted by atomic mass is 16.5. The van der Waals surface area contributed by atoms with Crippen molar-refractivity contribution in [3.8, 4) is 6.07 Å². The molecule has 1 aliphatic heterocycles. The predicted molar refractivity (Wildman–Crippen MR) is 78.7 cm³/mol. The summed E-state index contributed by atoms with van der Waals surface area (Å²) in [4.78, 5) is 0. The third-order valence-corrected chi connectivity index (χ3v) is 3.40. The van der Waals surface area contributed by atoms with E-state index in [0.717, 1.165) is 25.0 Å². The molecule has 1 aromatic carbocycles. The first-order chi connectivity index (χ1) is 10.3. The molecule has 0 spiro atoms. The Morgan fingerprint density at radius 3 is 3.19 bits per heavy atom. The molecule has 2 unspecified atom stereocenters. The Hall–Kier alpha value is -1.45. The van der Waals surface area contributed by atoms with Crippen LogP contribution in [-0.2, 0) is 16.0 Å². The SMILES string of the molecule is N#Cc1cccc(CNCC(O)COCC2CCCO2)c1. The number of hydrogen-bond acceptors (Lipinski definition) is 5. The van der Waals surface area contributed by atoms with E-state index in [1.165, 1.54) is 0 Å². The van der Waals surface area contributed by atoms with Gasteiger partial charge in [0.05, 0.1) is 37.1 Å². The number of hydrogen-bond donors (Lipinski definition) is 2. The standard InChI is InChI=1S/C16H22N2O3/c17-8-13-3-1-4-14(7-13)9-18-10-15(19)11-20-12-16-5-2-6-21-16/h1,3-4,7,15-16,18-19H,2,5-6,9-12H2. The molecular formula is C16H22N2O3. The zero-order valence-corrected chi connectivity index (χ0v) is 12.1. The molecule has 0 bridgehead atoms. The number of nitrogens with one attached hydrogen (secondary N) is 1. The summed E-state index contributed by atoms with van der Waals surface area (Å²) < 4.78 is 10.9. The normalized spacial score (nSPS) is 19.3. The van der Waals surface area contributed by atoms with Crippen molar-refractivity contribution in [3.05, 3.63) is 35.4 Å². The molecule has 2 N–H and O–H groups in total. The van der Waals surface area contributed by atoms with Crippen molar-refractivity contribution in [2.75, 3.05) is 26.4 Å². The van der Waals surface area contributed by atoms with Crippen LogP contribution < -0.4 is 5.32 Å². The molecule has 21 heavy (non-hydrogen) atoms. The minimum atomic E-state index is -0.537. The van der Waals surface area contributed by atoms with Crippen LogP contribution in [-0.4, -0.2) is 43.7 Å². The molecule has 1 heterocycles. The summed E-state index contributed by atoms with van der Waals surface area (Å²) >= 11 is 0. The number of rotatable bonds is 8. The summed E-state index contributed by atoms with van der Waals surface area (Å²) in [6, 6.07) is 9.54. The average molecular weight is 290 g/mol. The highest BCUT2D eigenvalue weighted by Crippen LogP contribution is 2.11. The summed E-state index contributed by atoms with van der Waals surface area (Å²) in [6.45, 7) is 2.77. The van der Waals surface area contributed by atoms with E-state index in [1.807, 2.05) is 18.2 Å². The zero-order valence-electron chi connectivity index (χ0n) is 12.1. The second kappa shape index (κ2) is 8.75. The van der Waals surface area contributed by atoms with E-state index < -0.39 is 6.10 Å². The minimum absolute atomic E-state index is 0.193. The monoisotopic (exact) mass is 290 g/mol. The largest absolute Gasteiger partial charge is 0.389 e. The summed E-state index contributed by atoms with van der Waals surface area (Å²) in [5.41, 5.74) is 1.68. The first kappa shape index (κ1) is 15.9. The topological polar surface area (TPSA) is 74.5 Å². The summed E-state index contributed by atoms with van der Waals surface area (Å²) in [5.74, 6) is 0. The van der Waals surface area contributed by atoms with Crippen molar-refractivity contribution in [2.45, 2.75) is 31.6 Å². The van der Waals surface area contributed by atoms with E-state index in [2.05, 4.69) is 11.4 Å². The van der Waals surface area contributed by atoms with Crippen LogP contribution in [0.1, 0.15) is 24.0 Å². The number of ether oxygens (including phenoxy) is 2. The Labute approximate surface area is 125 Å². The molecule has 5 heteroatoms. The van der Waals surface area contributed by atoms with Crippen LogP contribution in [0.2, 0.25) is 0 Å². The molecule has 0 saturated carbocycles. The molecule has 5 nitrogen and oxygen atoms in total. The van der Waals surface area contributed by atoms with Gasteiger partial charge in [-0.1, -0.05) is 12.1 Å². The maximum absolute atomic E-state index is 9.82. The summed E-state index contributed by atoms with van der Waals surface area (Å²) in [5, 5.41) is 21.8. The molecular weight excluding hydrogens is 268 g/mol. The van der Waals surface area contributed by atoms with Crippen molar-refractivity contribution >= 4 is 0 Å². The first-order valence-electron chi connectivity index (χ1n) is 7.35. The third kappa shape index (κ3) is 5.82. The maximum Gasteiger partial charge on any atom is 0.0991 e. The summed E-state index contributed by atoms with van der Waals surface area (Å²) in [7, 11) is 0. The lowest BCUT2D eigenvalue weighted by molar-refractivity contribution is -0.0164. The van der Waals surface area contributed by atoms with E-state index in [-0.39, 0.29) is 6.10 Å². The van der Waals surface area contributed by atoms with Crippen molar-refractivity contribution < 1.29 is 14.6 Å². The van der Waals surface area contributed by atoms with Gasteiger partial charge >= 0.3 is 0 Å². The van der Waals surface area contributed by atoms with Crippen molar-refractivity contribution in [2.24, 2.45) is 0 Å². The molecule has 2 atom stereocenters. The van der Waals surface area contributed by atoms with Crippen LogP contribution in [0.5, 0.6) is 0 Å². The smallest absolute Gasteiger partial charge is 0.0991 e. The van der Waals surface area contributed by atoms with Gasteiger partial charge in [0.25, 0.3) is 0 Å².